The molecule has 0 saturated heterocycles. The van der Waals surface area contributed by atoms with E-state index in [1.807, 2.05) is 35.7 Å². The summed E-state index contributed by atoms with van der Waals surface area (Å²) in [5.74, 6) is -0.521. The van der Waals surface area contributed by atoms with Crippen molar-refractivity contribution >= 4 is 23.0 Å². The SMILES string of the molecule is CCOC(=O)c1cc2c(C3=CC=C(C)NN3)ccn2c(C(C)=O)c1C. The first-order valence-electron chi connectivity index (χ1n) is 8.17. The molecule has 2 N–H and O–H groups in total. The van der Waals surface area contributed by atoms with Crippen LogP contribution in [0.5, 0.6) is 0 Å². The fourth-order valence-electron chi connectivity index (χ4n) is 3.04. The minimum Gasteiger partial charge on any atom is -0.462 e. The van der Waals surface area contributed by atoms with E-state index in [1.54, 1.807) is 19.9 Å². The van der Waals surface area contributed by atoms with Gasteiger partial charge in [0.15, 0.2) is 5.78 Å². The minimum atomic E-state index is -0.420. The van der Waals surface area contributed by atoms with Crippen molar-refractivity contribution in [3.8, 4) is 0 Å². The second kappa shape index (κ2) is 6.47. The van der Waals surface area contributed by atoms with E-state index in [9.17, 15) is 9.59 Å². The van der Waals surface area contributed by atoms with Crippen molar-refractivity contribution in [2.45, 2.75) is 27.7 Å². The summed E-state index contributed by atoms with van der Waals surface area (Å²) in [6.45, 7) is 7.27. The van der Waals surface area contributed by atoms with Gasteiger partial charge in [-0.1, -0.05) is 0 Å². The van der Waals surface area contributed by atoms with Gasteiger partial charge in [-0.25, -0.2) is 4.79 Å². The third kappa shape index (κ3) is 2.91. The number of pyridine rings is 1. The monoisotopic (exact) mass is 339 g/mol. The number of nitrogens with zero attached hydrogens (tertiary/aromatic N) is 1. The van der Waals surface area contributed by atoms with Gasteiger partial charge in [0, 0.05) is 24.4 Å². The lowest BCUT2D eigenvalue weighted by atomic mass is 10.0. The van der Waals surface area contributed by atoms with Gasteiger partial charge in [0.25, 0.3) is 0 Å². The predicted octanol–water partition coefficient (Wildman–Crippen LogP) is 2.98. The van der Waals surface area contributed by atoms with Gasteiger partial charge in [0.05, 0.1) is 29.1 Å². The largest absolute Gasteiger partial charge is 0.462 e. The summed E-state index contributed by atoms with van der Waals surface area (Å²) in [5, 5.41) is 0. The fraction of sp³-hybridized carbons (Fsp3) is 0.263. The highest BCUT2D eigenvalue weighted by Gasteiger charge is 2.21. The van der Waals surface area contributed by atoms with E-state index in [1.165, 1.54) is 6.92 Å². The number of Topliss-reactive ketones (excluding diaryl/α,β-unsaturated/α-hetero) is 1. The van der Waals surface area contributed by atoms with Crippen molar-refractivity contribution in [1.29, 1.82) is 0 Å². The van der Waals surface area contributed by atoms with Crippen LogP contribution in [0, 0.1) is 6.92 Å². The summed E-state index contributed by atoms with van der Waals surface area (Å²) in [5.41, 5.74) is 11.2. The lowest BCUT2D eigenvalue weighted by Crippen LogP contribution is -2.30. The molecule has 6 nitrogen and oxygen atoms in total. The third-order valence-corrected chi connectivity index (χ3v) is 4.22. The number of carbonyl (C=O) groups is 2. The van der Waals surface area contributed by atoms with Crippen LogP contribution in [-0.4, -0.2) is 22.8 Å². The second-order valence-corrected chi connectivity index (χ2v) is 5.97. The third-order valence-electron chi connectivity index (χ3n) is 4.22. The summed E-state index contributed by atoms with van der Waals surface area (Å²) < 4.78 is 6.98. The number of hydrazine groups is 1. The quantitative estimate of drug-likeness (QED) is 0.662. The van der Waals surface area contributed by atoms with E-state index in [0.717, 1.165) is 22.5 Å². The molecule has 0 saturated carbocycles. The summed E-state index contributed by atoms with van der Waals surface area (Å²) >= 11 is 0. The van der Waals surface area contributed by atoms with Crippen molar-refractivity contribution < 1.29 is 14.3 Å². The molecule has 1 aliphatic rings. The summed E-state index contributed by atoms with van der Waals surface area (Å²) in [6.07, 6.45) is 5.76. The minimum absolute atomic E-state index is 0.102. The number of fused-ring (bicyclic) bond motifs is 1. The van der Waals surface area contributed by atoms with Crippen molar-refractivity contribution in [3.05, 3.63) is 58.6 Å². The highest BCUT2D eigenvalue weighted by atomic mass is 16.5. The molecule has 2 aromatic heterocycles. The average molecular weight is 339 g/mol. The molecule has 3 rings (SSSR count). The Morgan fingerprint density at radius 3 is 2.56 bits per heavy atom. The van der Waals surface area contributed by atoms with Crippen LogP contribution in [0.2, 0.25) is 0 Å². The highest BCUT2D eigenvalue weighted by Crippen LogP contribution is 2.27. The van der Waals surface area contributed by atoms with E-state index in [4.69, 9.17) is 4.74 Å². The molecule has 2 aromatic rings. The molecular formula is C19H21N3O3. The van der Waals surface area contributed by atoms with Crippen LogP contribution in [0.1, 0.15) is 52.7 Å². The second-order valence-electron chi connectivity index (χ2n) is 5.97. The number of allylic oxidation sites excluding steroid dienone is 3. The molecule has 0 unspecified atom stereocenters. The van der Waals surface area contributed by atoms with Gasteiger partial charge in [0.2, 0.25) is 0 Å². The number of rotatable bonds is 4. The Hall–Kier alpha value is -3.02. The Bertz CT molecular complexity index is 935. The maximum absolute atomic E-state index is 12.3. The van der Waals surface area contributed by atoms with Crippen LogP contribution in [0.15, 0.2) is 36.2 Å². The number of ether oxygens (including phenoxy) is 1. The molecule has 0 spiro atoms. The Morgan fingerprint density at radius 2 is 1.96 bits per heavy atom. The number of carbonyl (C=O) groups excluding carboxylic acids is 2. The lowest BCUT2D eigenvalue weighted by Gasteiger charge is -2.18. The molecule has 130 valence electrons. The number of esters is 1. The van der Waals surface area contributed by atoms with E-state index in [-0.39, 0.29) is 12.4 Å². The van der Waals surface area contributed by atoms with Gasteiger partial charge in [-0.15, -0.1) is 0 Å². The number of aromatic nitrogens is 1. The van der Waals surface area contributed by atoms with E-state index in [0.29, 0.717) is 16.8 Å². The molecule has 3 heterocycles. The zero-order valence-electron chi connectivity index (χ0n) is 14.8. The number of hydrogen-bond acceptors (Lipinski definition) is 5. The van der Waals surface area contributed by atoms with Gasteiger partial charge >= 0.3 is 5.97 Å². The zero-order valence-corrected chi connectivity index (χ0v) is 14.8. The molecule has 1 aliphatic heterocycles. The topological polar surface area (TPSA) is 71.8 Å². The molecule has 0 aliphatic carbocycles. The molecule has 0 aromatic carbocycles. The van der Waals surface area contributed by atoms with Gasteiger partial charge < -0.3 is 20.0 Å². The van der Waals surface area contributed by atoms with Crippen LogP contribution in [0.4, 0.5) is 0 Å². The first kappa shape index (κ1) is 16.8. The maximum Gasteiger partial charge on any atom is 0.338 e. The molecule has 0 amide bonds. The molecular weight excluding hydrogens is 318 g/mol. The molecule has 0 fully saturated rings. The van der Waals surface area contributed by atoms with Crippen LogP contribution in [0.3, 0.4) is 0 Å². The Morgan fingerprint density at radius 1 is 1.20 bits per heavy atom. The average Bonchev–Trinajstić information content (AvgIpc) is 2.98. The van der Waals surface area contributed by atoms with E-state index < -0.39 is 5.97 Å². The van der Waals surface area contributed by atoms with Crippen LogP contribution >= 0.6 is 0 Å². The summed E-state index contributed by atoms with van der Waals surface area (Å²) in [7, 11) is 0. The standard InChI is InChI=1S/C19H21N3O3/c1-5-25-19(24)15-10-17-14(16-7-6-11(2)20-21-16)8-9-22(17)18(12(15)3)13(4)23/h6-10,20-21H,5H2,1-4H3. The highest BCUT2D eigenvalue weighted by molar-refractivity contribution is 6.01. The first-order chi connectivity index (χ1) is 11.9. The van der Waals surface area contributed by atoms with Gasteiger partial charge in [0.1, 0.15) is 0 Å². The van der Waals surface area contributed by atoms with Crippen molar-refractivity contribution in [1.82, 2.24) is 15.3 Å². The van der Waals surface area contributed by atoms with E-state index >= 15 is 0 Å². The predicted molar refractivity (Wildman–Crippen MR) is 96.1 cm³/mol. The summed E-state index contributed by atoms with van der Waals surface area (Å²) in [4.78, 5) is 24.6. The lowest BCUT2D eigenvalue weighted by molar-refractivity contribution is 0.0525. The molecule has 0 bridgehead atoms. The van der Waals surface area contributed by atoms with Crippen molar-refractivity contribution in [3.63, 3.8) is 0 Å². The van der Waals surface area contributed by atoms with Gasteiger partial charge in [-0.3, -0.25) is 4.79 Å². The molecule has 0 radical (unpaired) electrons. The zero-order chi connectivity index (χ0) is 18.1. The van der Waals surface area contributed by atoms with Gasteiger partial charge in [-0.05, 0) is 50.6 Å². The number of ketones is 1. The molecule has 6 heteroatoms. The normalized spacial score (nSPS) is 13.6. The van der Waals surface area contributed by atoms with Gasteiger partial charge in [-0.2, -0.15) is 0 Å². The smallest absolute Gasteiger partial charge is 0.338 e. The van der Waals surface area contributed by atoms with E-state index in [2.05, 4.69) is 10.9 Å². The molecule has 0 atom stereocenters. The van der Waals surface area contributed by atoms with Crippen molar-refractivity contribution in [2.75, 3.05) is 6.61 Å². The summed E-state index contributed by atoms with van der Waals surface area (Å²) in [6, 6.07) is 3.70. The van der Waals surface area contributed by atoms with Crippen LogP contribution in [-0.2, 0) is 4.74 Å². The molecule has 25 heavy (non-hydrogen) atoms. The first-order valence-corrected chi connectivity index (χ1v) is 8.17. The Labute approximate surface area is 146 Å². The maximum atomic E-state index is 12.3. The van der Waals surface area contributed by atoms with Crippen LogP contribution in [0.25, 0.3) is 11.2 Å². The van der Waals surface area contributed by atoms with Crippen LogP contribution < -0.4 is 10.9 Å². The number of nitrogens with one attached hydrogen (secondary N) is 2. The number of hydrogen-bond donors (Lipinski definition) is 2. The fourth-order valence-corrected chi connectivity index (χ4v) is 3.04. The van der Waals surface area contributed by atoms with Crippen molar-refractivity contribution in [2.24, 2.45) is 0 Å². The Balaban J connectivity index is 2.26. The Kier molecular flexibility index (Phi) is 4.35.